The first-order valence-corrected chi connectivity index (χ1v) is 8.83. The van der Waals surface area contributed by atoms with Crippen LogP contribution in [0.4, 0.5) is 5.69 Å². The third-order valence-electron chi connectivity index (χ3n) is 3.19. The molecule has 0 aliphatic rings. The van der Waals surface area contributed by atoms with Gasteiger partial charge in [-0.3, -0.25) is 4.72 Å². The maximum atomic E-state index is 12.4. The van der Waals surface area contributed by atoms with Gasteiger partial charge in [0.05, 0.1) is 15.6 Å². The molecule has 0 bridgehead atoms. The van der Waals surface area contributed by atoms with Crippen molar-refractivity contribution in [3.05, 3.63) is 51.1 Å². The zero-order valence-electron chi connectivity index (χ0n) is 12.0. The average molecular weight is 417 g/mol. The average Bonchev–Trinajstić information content (AvgIpc) is 2.42. The molecule has 0 spiro atoms. The number of hydrogen-bond acceptors (Lipinski definition) is 3. The summed E-state index contributed by atoms with van der Waals surface area (Å²) in [5.41, 5.74) is 2.72. The highest BCUT2D eigenvalue weighted by Gasteiger charge is 2.16. The third-order valence-corrected chi connectivity index (χ3v) is 5.41. The molecule has 6 heteroatoms. The van der Waals surface area contributed by atoms with Crippen LogP contribution in [0.25, 0.3) is 0 Å². The number of ether oxygens (including phenoxy) is 1. The molecule has 112 valence electrons. The van der Waals surface area contributed by atoms with Gasteiger partial charge in [-0.05, 0) is 77.9 Å². The summed E-state index contributed by atoms with van der Waals surface area (Å²) in [4.78, 5) is 0.214. The standard InChI is InChI=1S/C15H16INO3S/c1-10-4-5-12(8-11(10)2)17-21(18,19)13-6-7-15(20-3)14(16)9-13/h4-9,17H,1-3H3. The van der Waals surface area contributed by atoms with Crippen molar-refractivity contribution in [2.24, 2.45) is 0 Å². The monoisotopic (exact) mass is 417 g/mol. The molecule has 0 saturated heterocycles. The Hall–Kier alpha value is -1.28. The van der Waals surface area contributed by atoms with Crippen LogP contribution in [-0.4, -0.2) is 15.5 Å². The van der Waals surface area contributed by atoms with Gasteiger partial charge in [0.2, 0.25) is 0 Å². The number of anilines is 1. The Morgan fingerprint density at radius 3 is 2.33 bits per heavy atom. The topological polar surface area (TPSA) is 55.4 Å². The predicted molar refractivity (Wildman–Crippen MR) is 92.4 cm³/mol. The molecule has 21 heavy (non-hydrogen) atoms. The van der Waals surface area contributed by atoms with Crippen LogP contribution in [-0.2, 0) is 10.0 Å². The predicted octanol–water partition coefficient (Wildman–Crippen LogP) is 3.72. The van der Waals surface area contributed by atoms with E-state index in [1.54, 1.807) is 25.3 Å². The van der Waals surface area contributed by atoms with E-state index >= 15 is 0 Å². The molecule has 0 radical (unpaired) electrons. The van der Waals surface area contributed by atoms with Crippen LogP contribution in [0, 0.1) is 17.4 Å². The molecule has 0 heterocycles. The summed E-state index contributed by atoms with van der Waals surface area (Å²) in [5, 5.41) is 0. The number of halogens is 1. The summed E-state index contributed by atoms with van der Waals surface area (Å²) in [7, 11) is -2.05. The Bertz CT molecular complexity index is 772. The highest BCUT2D eigenvalue weighted by atomic mass is 127. The van der Waals surface area contributed by atoms with Crippen molar-refractivity contribution in [1.82, 2.24) is 0 Å². The fraction of sp³-hybridized carbons (Fsp3) is 0.200. The maximum absolute atomic E-state index is 12.4. The molecule has 0 unspecified atom stereocenters. The lowest BCUT2D eigenvalue weighted by atomic mass is 10.1. The zero-order chi connectivity index (χ0) is 15.6. The van der Waals surface area contributed by atoms with Crippen LogP contribution in [0.2, 0.25) is 0 Å². The Morgan fingerprint density at radius 2 is 1.76 bits per heavy atom. The highest BCUT2D eigenvalue weighted by molar-refractivity contribution is 14.1. The van der Waals surface area contributed by atoms with Crippen molar-refractivity contribution >= 4 is 38.3 Å². The van der Waals surface area contributed by atoms with Gasteiger partial charge in [0, 0.05) is 5.69 Å². The zero-order valence-corrected chi connectivity index (χ0v) is 14.9. The van der Waals surface area contributed by atoms with Crippen LogP contribution < -0.4 is 9.46 Å². The van der Waals surface area contributed by atoms with Crippen molar-refractivity contribution in [1.29, 1.82) is 0 Å². The highest BCUT2D eigenvalue weighted by Crippen LogP contribution is 2.25. The number of benzene rings is 2. The van der Waals surface area contributed by atoms with Crippen LogP contribution in [0.1, 0.15) is 11.1 Å². The molecule has 0 saturated carbocycles. The van der Waals surface area contributed by atoms with Crippen molar-refractivity contribution in [2.75, 3.05) is 11.8 Å². The Balaban J connectivity index is 2.33. The minimum Gasteiger partial charge on any atom is -0.496 e. The summed E-state index contributed by atoms with van der Waals surface area (Å²) in [6.45, 7) is 3.93. The molecule has 0 aliphatic carbocycles. The van der Waals surface area contributed by atoms with Crippen molar-refractivity contribution in [3.8, 4) is 5.75 Å². The van der Waals surface area contributed by atoms with E-state index in [4.69, 9.17) is 4.74 Å². The Kier molecular flexibility index (Phi) is 4.77. The second-order valence-corrected chi connectivity index (χ2v) is 7.55. The SMILES string of the molecule is COc1ccc(S(=O)(=O)Nc2ccc(C)c(C)c2)cc1I. The fourth-order valence-electron chi connectivity index (χ4n) is 1.83. The summed E-state index contributed by atoms with van der Waals surface area (Å²) >= 11 is 2.05. The molecular weight excluding hydrogens is 401 g/mol. The van der Waals surface area contributed by atoms with Gasteiger partial charge < -0.3 is 4.74 Å². The first-order chi connectivity index (χ1) is 9.83. The number of nitrogens with one attached hydrogen (secondary N) is 1. The lowest BCUT2D eigenvalue weighted by Crippen LogP contribution is -2.13. The first kappa shape index (κ1) is 16.1. The quantitative estimate of drug-likeness (QED) is 0.772. The number of hydrogen-bond donors (Lipinski definition) is 1. The fourth-order valence-corrected chi connectivity index (χ4v) is 3.86. The van der Waals surface area contributed by atoms with Crippen LogP contribution >= 0.6 is 22.6 Å². The number of rotatable bonds is 4. The van der Waals surface area contributed by atoms with Crippen molar-refractivity contribution in [3.63, 3.8) is 0 Å². The first-order valence-electron chi connectivity index (χ1n) is 6.27. The van der Waals surface area contributed by atoms with E-state index in [2.05, 4.69) is 4.72 Å². The molecular formula is C15H16INO3S. The maximum Gasteiger partial charge on any atom is 0.261 e. The summed E-state index contributed by atoms with van der Waals surface area (Å²) in [6.07, 6.45) is 0. The third kappa shape index (κ3) is 3.68. The molecule has 0 aromatic heterocycles. The molecule has 2 aromatic carbocycles. The van der Waals surface area contributed by atoms with E-state index in [9.17, 15) is 8.42 Å². The van der Waals surface area contributed by atoms with Crippen LogP contribution in [0.15, 0.2) is 41.3 Å². The van der Waals surface area contributed by atoms with E-state index in [1.807, 2.05) is 48.6 Å². The molecule has 2 aromatic rings. The Labute approximate surface area is 138 Å². The largest absolute Gasteiger partial charge is 0.496 e. The van der Waals surface area contributed by atoms with E-state index in [0.717, 1.165) is 14.7 Å². The second kappa shape index (κ2) is 6.23. The van der Waals surface area contributed by atoms with Gasteiger partial charge in [-0.25, -0.2) is 8.42 Å². The van der Waals surface area contributed by atoms with Gasteiger partial charge >= 0.3 is 0 Å². The van der Waals surface area contributed by atoms with Crippen LogP contribution in [0.5, 0.6) is 5.75 Å². The van der Waals surface area contributed by atoms with Gasteiger partial charge in [0.15, 0.2) is 0 Å². The lowest BCUT2D eigenvalue weighted by molar-refractivity contribution is 0.411. The smallest absolute Gasteiger partial charge is 0.261 e. The van der Waals surface area contributed by atoms with E-state index in [0.29, 0.717) is 11.4 Å². The minimum atomic E-state index is -3.60. The number of methoxy groups -OCH3 is 1. The lowest BCUT2D eigenvalue weighted by Gasteiger charge is -2.11. The summed E-state index contributed by atoms with van der Waals surface area (Å²) in [5.74, 6) is 0.653. The molecule has 0 aliphatic heterocycles. The molecule has 0 fully saturated rings. The van der Waals surface area contributed by atoms with Crippen molar-refractivity contribution < 1.29 is 13.2 Å². The van der Waals surface area contributed by atoms with E-state index in [-0.39, 0.29) is 4.90 Å². The minimum absolute atomic E-state index is 0.214. The van der Waals surface area contributed by atoms with Gasteiger partial charge in [-0.1, -0.05) is 6.07 Å². The van der Waals surface area contributed by atoms with Crippen LogP contribution in [0.3, 0.4) is 0 Å². The molecule has 2 rings (SSSR count). The van der Waals surface area contributed by atoms with Gasteiger partial charge in [-0.2, -0.15) is 0 Å². The number of aryl methyl sites for hydroxylation is 2. The van der Waals surface area contributed by atoms with Gasteiger partial charge in [-0.15, -0.1) is 0 Å². The van der Waals surface area contributed by atoms with Gasteiger partial charge in [0.1, 0.15) is 5.75 Å². The van der Waals surface area contributed by atoms with E-state index in [1.165, 1.54) is 6.07 Å². The summed E-state index contributed by atoms with van der Waals surface area (Å²) < 4.78 is 33.3. The van der Waals surface area contributed by atoms with Crippen molar-refractivity contribution in [2.45, 2.75) is 18.7 Å². The molecule has 4 nitrogen and oxygen atoms in total. The number of sulfonamides is 1. The van der Waals surface area contributed by atoms with Gasteiger partial charge in [0.25, 0.3) is 10.0 Å². The van der Waals surface area contributed by atoms with E-state index < -0.39 is 10.0 Å². The Morgan fingerprint density at radius 1 is 1.05 bits per heavy atom. The molecule has 0 atom stereocenters. The molecule has 1 N–H and O–H groups in total. The second-order valence-electron chi connectivity index (χ2n) is 4.70. The summed E-state index contributed by atoms with van der Waals surface area (Å²) in [6, 6.07) is 10.2. The molecule has 0 amide bonds. The normalized spacial score (nSPS) is 11.2.